The molecule has 0 atom stereocenters. The number of benzene rings is 2. The van der Waals surface area contributed by atoms with Gasteiger partial charge < -0.3 is 9.47 Å². The fraction of sp³-hybridized carbons (Fsp3) is 0.105. The summed E-state index contributed by atoms with van der Waals surface area (Å²) < 4.78 is 11.9. The second kappa shape index (κ2) is 7.97. The molecule has 1 aromatic heterocycles. The van der Waals surface area contributed by atoms with Gasteiger partial charge in [0.15, 0.2) is 0 Å². The molecule has 0 aliphatic carbocycles. The number of ether oxygens (including phenoxy) is 2. The van der Waals surface area contributed by atoms with Crippen molar-refractivity contribution in [3.05, 3.63) is 86.9 Å². The Morgan fingerprint density at radius 1 is 1.12 bits per heavy atom. The van der Waals surface area contributed by atoms with Crippen molar-refractivity contribution in [2.45, 2.75) is 6.61 Å². The fourth-order valence-electron chi connectivity index (χ4n) is 2.30. The highest BCUT2D eigenvalue weighted by Gasteiger charge is 2.12. The summed E-state index contributed by atoms with van der Waals surface area (Å²) in [7, 11) is 1.32. The largest absolute Gasteiger partial charge is 0.472 e. The number of halogens is 1. The molecular formula is C19H15BrN2O4. The molecule has 0 bridgehead atoms. The molecule has 1 heterocycles. The molecule has 0 amide bonds. The first kappa shape index (κ1) is 17.9. The van der Waals surface area contributed by atoms with E-state index in [4.69, 9.17) is 4.74 Å². The Morgan fingerprint density at radius 2 is 1.81 bits per heavy atom. The van der Waals surface area contributed by atoms with Gasteiger partial charge in [0.2, 0.25) is 5.88 Å². The van der Waals surface area contributed by atoms with Crippen LogP contribution in [0, 0.1) is 0 Å². The maximum absolute atomic E-state index is 12.6. The Labute approximate surface area is 158 Å². The fourth-order valence-corrected chi connectivity index (χ4v) is 2.71. The van der Waals surface area contributed by atoms with Crippen molar-refractivity contribution in [3.8, 4) is 11.6 Å². The minimum atomic E-state index is -0.437. The Balaban J connectivity index is 1.83. The lowest BCUT2D eigenvalue weighted by atomic mass is 10.2. The van der Waals surface area contributed by atoms with Crippen LogP contribution in [0.4, 0.5) is 0 Å². The van der Waals surface area contributed by atoms with Crippen LogP contribution in [0.25, 0.3) is 5.69 Å². The second-order valence-electron chi connectivity index (χ2n) is 5.35. The normalized spacial score (nSPS) is 10.4. The van der Waals surface area contributed by atoms with Gasteiger partial charge in [0, 0.05) is 0 Å². The predicted molar refractivity (Wildman–Crippen MR) is 99.6 cm³/mol. The SMILES string of the molecule is COC(=O)c1ccc(-n2cnc(OCc3ccccc3)c(Br)c2=O)cc1. The molecule has 26 heavy (non-hydrogen) atoms. The summed E-state index contributed by atoms with van der Waals surface area (Å²) in [6, 6.07) is 16.1. The second-order valence-corrected chi connectivity index (χ2v) is 6.14. The van der Waals surface area contributed by atoms with Gasteiger partial charge in [0.1, 0.15) is 17.4 Å². The van der Waals surface area contributed by atoms with Crippen LogP contribution in [-0.2, 0) is 11.3 Å². The van der Waals surface area contributed by atoms with E-state index in [-0.39, 0.29) is 15.9 Å². The quantitative estimate of drug-likeness (QED) is 0.598. The molecule has 3 aromatic rings. The predicted octanol–water partition coefficient (Wildman–Crippen LogP) is 3.36. The van der Waals surface area contributed by atoms with Crippen molar-refractivity contribution in [1.29, 1.82) is 0 Å². The van der Waals surface area contributed by atoms with E-state index in [2.05, 4.69) is 25.7 Å². The van der Waals surface area contributed by atoms with Gasteiger partial charge in [0.25, 0.3) is 5.56 Å². The number of hydrogen-bond acceptors (Lipinski definition) is 5. The summed E-state index contributed by atoms with van der Waals surface area (Å²) in [5.41, 5.74) is 1.64. The van der Waals surface area contributed by atoms with E-state index in [0.717, 1.165) is 5.56 Å². The summed E-state index contributed by atoms with van der Waals surface area (Å²) in [4.78, 5) is 28.3. The molecule has 0 radical (unpaired) electrons. The maximum Gasteiger partial charge on any atom is 0.337 e. The molecule has 0 unspecified atom stereocenters. The Morgan fingerprint density at radius 3 is 2.46 bits per heavy atom. The van der Waals surface area contributed by atoms with Crippen LogP contribution >= 0.6 is 15.9 Å². The minimum Gasteiger partial charge on any atom is -0.472 e. The molecule has 0 N–H and O–H groups in total. The summed E-state index contributed by atoms with van der Waals surface area (Å²) in [6.45, 7) is 0.309. The number of nitrogens with zero attached hydrogens (tertiary/aromatic N) is 2. The van der Waals surface area contributed by atoms with Crippen molar-refractivity contribution in [2.24, 2.45) is 0 Å². The average molecular weight is 415 g/mol. The van der Waals surface area contributed by atoms with E-state index < -0.39 is 5.97 Å². The van der Waals surface area contributed by atoms with E-state index >= 15 is 0 Å². The lowest BCUT2D eigenvalue weighted by molar-refractivity contribution is 0.0601. The summed E-state index contributed by atoms with van der Waals surface area (Å²) >= 11 is 3.26. The topological polar surface area (TPSA) is 70.4 Å². The van der Waals surface area contributed by atoms with E-state index in [1.807, 2.05) is 30.3 Å². The van der Waals surface area contributed by atoms with E-state index in [1.165, 1.54) is 18.0 Å². The monoisotopic (exact) mass is 414 g/mol. The summed E-state index contributed by atoms with van der Waals surface area (Å²) in [5, 5.41) is 0. The van der Waals surface area contributed by atoms with Crippen LogP contribution in [0.5, 0.6) is 5.88 Å². The molecule has 0 saturated heterocycles. The first-order valence-corrected chi connectivity index (χ1v) is 8.52. The third-order valence-corrected chi connectivity index (χ3v) is 4.35. The Hall–Kier alpha value is -2.93. The van der Waals surface area contributed by atoms with Gasteiger partial charge in [-0.05, 0) is 45.8 Å². The molecular weight excluding hydrogens is 400 g/mol. The number of carbonyl (C=O) groups is 1. The molecule has 0 aliphatic rings. The van der Waals surface area contributed by atoms with Crippen molar-refractivity contribution < 1.29 is 14.3 Å². The third-order valence-electron chi connectivity index (χ3n) is 3.67. The van der Waals surface area contributed by atoms with Crippen LogP contribution in [0.2, 0.25) is 0 Å². The highest BCUT2D eigenvalue weighted by Crippen LogP contribution is 2.20. The van der Waals surface area contributed by atoms with E-state index in [1.54, 1.807) is 24.3 Å². The zero-order chi connectivity index (χ0) is 18.5. The van der Waals surface area contributed by atoms with Crippen LogP contribution in [0.1, 0.15) is 15.9 Å². The maximum atomic E-state index is 12.6. The molecule has 0 spiro atoms. The lowest BCUT2D eigenvalue weighted by Gasteiger charge is -2.10. The molecule has 0 aliphatic heterocycles. The van der Waals surface area contributed by atoms with Crippen LogP contribution < -0.4 is 10.3 Å². The molecule has 3 rings (SSSR count). The number of methoxy groups -OCH3 is 1. The highest BCUT2D eigenvalue weighted by molar-refractivity contribution is 9.10. The van der Waals surface area contributed by atoms with Gasteiger partial charge in [-0.2, -0.15) is 0 Å². The first-order valence-electron chi connectivity index (χ1n) is 7.73. The Kier molecular flexibility index (Phi) is 5.48. The number of esters is 1. The molecule has 7 heteroatoms. The number of carbonyl (C=O) groups excluding carboxylic acids is 1. The van der Waals surface area contributed by atoms with Gasteiger partial charge in [-0.3, -0.25) is 9.36 Å². The standard InChI is InChI=1S/C19H15BrN2O4/c1-25-19(24)14-7-9-15(10-8-14)22-12-21-17(16(20)18(22)23)26-11-13-5-3-2-4-6-13/h2-10,12H,11H2,1H3. The van der Waals surface area contributed by atoms with Gasteiger partial charge in [-0.25, -0.2) is 9.78 Å². The minimum absolute atomic E-state index is 0.223. The molecule has 0 fully saturated rings. The molecule has 132 valence electrons. The van der Waals surface area contributed by atoms with Gasteiger partial charge >= 0.3 is 5.97 Å². The van der Waals surface area contributed by atoms with Crippen LogP contribution in [-0.4, -0.2) is 22.6 Å². The third kappa shape index (κ3) is 3.83. The number of aromatic nitrogens is 2. The van der Waals surface area contributed by atoms with Gasteiger partial charge in [0.05, 0.1) is 18.4 Å². The van der Waals surface area contributed by atoms with Crippen molar-refractivity contribution >= 4 is 21.9 Å². The Bertz CT molecular complexity index is 969. The van der Waals surface area contributed by atoms with Gasteiger partial charge in [-0.1, -0.05) is 30.3 Å². The molecule has 0 saturated carbocycles. The number of rotatable bonds is 5. The van der Waals surface area contributed by atoms with Gasteiger partial charge in [-0.15, -0.1) is 0 Å². The zero-order valence-electron chi connectivity index (χ0n) is 13.9. The van der Waals surface area contributed by atoms with Crippen LogP contribution in [0.3, 0.4) is 0 Å². The molecule has 6 nitrogen and oxygen atoms in total. The molecule has 2 aromatic carbocycles. The lowest BCUT2D eigenvalue weighted by Crippen LogP contribution is -2.20. The zero-order valence-corrected chi connectivity index (χ0v) is 15.5. The van der Waals surface area contributed by atoms with Crippen LogP contribution in [0.15, 0.2) is 70.2 Å². The van der Waals surface area contributed by atoms with Crippen molar-refractivity contribution in [1.82, 2.24) is 9.55 Å². The average Bonchev–Trinajstić information content (AvgIpc) is 2.69. The smallest absolute Gasteiger partial charge is 0.337 e. The van der Waals surface area contributed by atoms with Crippen molar-refractivity contribution in [2.75, 3.05) is 7.11 Å². The highest BCUT2D eigenvalue weighted by atomic mass is 79.9. The van der Waals surface area contributed by atoms with Crippen molar-refractivity contribution in [3.63, 3.8) is 0 Å². The van der Waals surface area contributed by atoms with E-state index in [9.17, 15) is 9.59 Å². The number of hydrogen-bond donors (Lipinski definition) is 0. The first-order chi connectivity index (χ1) is 12.6. The van der Waals surface area contributed by atoms with E-state index in [0.29, 0.717) is 17.9 Å². The summed E-state index contributed by atoms with van der Waals surface area (Å²) in [6.07, 6.45) is 1.39. The summed E-state index contributed by atoms with van der Waals surface area (Å²) in [5.74, 6) is -0.214.